The number of nitrogens with two attached hydrogens (primary N) is 1. The van der Waals surface area contributed by atoms with Crippen molar-refractivity contribution in [2.24, 2.45) is 16.8 Å². The van der Waals surface area contributed by atoms with E-state index in [1.54, 1.807) is 6.20 Å². The standard InChI is InChI=1S/C13H20N4O/c1-9(2)17(8-10-3-4-10)12-6-5-11(7-15-12)13(14)16-18/h5-7,9-10,18H,3-4,8H2,1-2H3,(H2,14,16). The Morgan fingerprint density at radius 1 is 1.56 bits per heavy atom. The molecule has 98 valence electrons. The third-order valence-electron chi connectivity index (χ3n) is 3.22. The molecule has 0 aromatic carbocycles. The highest BCUT2D eigenvalue weighted by Crippen LogP contribution is 2.31. The van der Waals surface area contributed by atoms with Gasteiger partial charge in [-0.05, 0) is 44.7 Å². The lowest BCUT2D eigenvalue weighted by molar-refractivity contribution is 0.318. The first-order valence-corrected chi connectivity index (χ1v) is 6.32. The summed E-state index contributed by atoms with van der Waals surface area (Å²) in [6, 6.07) is 4.18. The summed E-state index contributed by atoms with van der Waals surface area (Å²) in [4.78, 5) is 6.70. The van der Waals surface area contributed by atoms with Crippen molar-refractivity contribution < 1.29 is 5.21 Å². The minimum Gasteiger partial charge on any atom is -0.409 e. The molecule has 5 heteroatoms. The molecule has 0 atom stereocenters. The number of pyridine rings is 1. The van der Waals surface area contributed by atoms with Crippen LogP contribution in [0.5, 0.6) is 0 Å². The lowest BCUT2D eigenvalue weighted by atomic mass is 10.2. The smallest absolute Gasteiger partial charge is 0.171 e. The summed E-state index contributed by atoms with van der Waals surface area (Å²) >= 11 is 0. The maximum Gasteiger partial charge on any atom is 0.171 e. The molecule has 0 aliphatic heterocycles. The Kier molecular flexibility index (Phi) is 3.69. The van der Waals surface area contributed by atoms with E-state index in [-0.39, 0.29) is 5.84 Å². The summed E-state index contributed by atoms with van der Waals surface area (Å²) in [5.74, 6) is 1.86. The minimum absolute atomic E-state index is 0.0901. The molecule has 2 rings (SSSR count). The molecule has 5 nitrogen and oxygen atoms in total. The summed E-state index contributed by atoms with van der Waals surface area (Å²) in [7, 11) is 0. The van der Waals surface area contributed by atoms with Crippen LogP contribution in [0.3, 0.4) is 0 Å². The Hall–Kier alpha value is -1.78. The number of nitrogens with zero attached hydrogens (tertiary/aromatic N) is 3. The zero-order valence-corrected chi connectivity index (χ0v) is 10.9. The van der Waals surface area contributed by atoms with Gasteiger partial charge in [-0.15, -0.1) is 0 Å². The van der Waals surface area contributed by atoms with Gasteiger partial charge < -0.3 is 15.8 Å². The SMILES string of the molecule is CC(C)N(CC1CC1)c1ccc(/C(N)=N/O)cn1. The van der Waals surface area contributed by atoms with Crippen LogP contribution < -0.4 is 10.6 Å². The van der Waals surface area contributed by atoms with Crippen molar-refractivity contribution in [2.75, 3.05) is 11.4 Å². The maximum atomic E-state index is 8.61. The molecule has 18 heavy (non-hydrogen) atoms. The first kappa shape index (κ1) is 12.7. The highest BCUT2D eigenvalue weighted by atomic mass is 16.4. The number of rotatable bonds is 5. The summed E-state index contributed by atoms with van der Waals surface area (Å²) < 4.78 is 0. The Morgan fingerprint density at radius 3 is 2.72 bits per heavy atom. The van der Waals surface area contributed by atoms with Gasteiger partial charge in [0.25, 0.3) is 0 Å². The second-order valence-electron chi connectivity index (χ2n) is 5.08. The van der Waals surface area contributed by atoms with Gasteiger partial charge in [-0.1, -0.05) is 5.16 Å². The molecule has 1 aliphatic rings. The Morgan fingerprint density at radius 2 is 2.28 bits per heavy atom. The van der Waals surface area contributed by atoms with E-state index >= 15 is 0 Å². The van der Waals surface area contributed by atoms with Crippen molar-refractivity contribution in [3.63, 3.8) is 0 Å². The largest absolute Gasteiger partial charge is 0.409 e. The van der Waals surface area contributed by atoms with Crippen LogP contribution in [-0.2, 0) is 0 Å². The van der Waals surface area contributed by atoms with Gasteiger partial charge in [-0.25, -0.2) is 4.98 Å². The van der Waals surface area contributed by atoms with Gasteiger partial charge in [0.15, 0.2) is 5.84 Å². The number of amidine groups is 1. The lowest BCUT2D eigenvalue weighted by Gasteiger charge is -2.28. The van der Waals surface area contributed by atoms with Crippen molar-refractivity contribution in [3.8, 4) is 0 Å². The molecule has 0 unspecified atom stereocenters. The summed E-state index contributed by atoms with van der Waals surface area (Å²) in [5, 5.41) is 11.6. The van der Waals surface area contributed by atoms with E-state index in [9.17, 15) is 0 Å². The van der Waals surface area contributed by atoms with E-state index in [1.807, 2.05) is 12.1 Å². The average Bonchev–Trinajstić information content (AvgIpc) is 3.19. The van der Waals surface area contributed by atoms with Crippen molar-refractivity contribution in [3.05, 3.63) is 23.9 Å². The predicted molar refractivity (Wildman–Crippen MR) is 72.0 cm³/mol. The molecule has 0 bridgehead atoms. The minimum atomic E-state index is 0.0901. The first-order chi connectivity index (χ1) is 8.61. The highest BCUT2D eigenvalue weighted by molar-refractivity contribution is 5.96. The zero-order valence-electron chi connectivity index (χ0n) is 10.9. The number of aromatic nitrogens is 1. The van der Waals surface area contributed by atoms with E-state index in [0.717, 1.165) is 18.3 Å². The van der Waals surface area contributed by atoms with Gasteiger partial charge in [0, 0.05) is 24.3 Å². The normalized spacial score (nSPS) is 16.1. The average molecular weight is 248 g/mol. The summed E-state index contributed by atoms with van der Waals surface area (Å²) in [6.07, 6.45) is 4.30. The summed E-state index contributed by atoms with van der Waals surface area (Å²) in [5.41, 5.74) is 6.15. The van der Waals surface area contributed by atoms with Gasteiger partial charge in [0.2, 0.25) is 0 Å². The van der Waals surface area contributed by atoms with Crippen LogP contribution in [0.4, 0.5) is 5.82 Å². The molecule has 0 saturated heterocycles. The molecular formula is C13H20N4O. The zero-order chi connectivity index (χ0) is 13.1. The van der Waals surface area contributed by atoms with Crippen molar-refractivity contribution in [2.45, 2.75) is 32.7 Å². The van der Waals surface area contributed by atoms with Crippen LogP contribution in [-0.4, -0.2) is 28.6 Å². The monoisotopic (exact) mass is 248 g/mol. The molecule has 1 saturated carbocycles. The van der Waals surface area contributed by atoms with Crippen LogP contribution in [0.15, 0.2) is 23.5 Å². The predicted octanol–water partition coefficient (Wildman–Crippen LogP) is 1.80. The van der Waals surface area contributed by atoms with Gasteiger partial charge in [-0.3, -0.25) is 0 Å². The molecule has 1 fully saturated rings. The molecule has 0 spiro atoms. The quantitative estimate of drug-likeness (QED) is 0.360. The molecule has 1 aromatic rings. The number of oxime groups is 1. The van der Waals surface area contributed by atoms with E-state index < -0.39 is 0 Å². The van der Waals surface area contributed by atoms with E-state index in [0.29, 0.717) is 11.6 Å². The van der Waals surface area contributed by atoms with Crippen molar-refractivity contribution in [1.82, 2.24) is 4.98 Å². The van der Waals surface area contributed by atoms with Gasteiger partial charge in [0.1, 0.15) is 5.82 Å². The Balaban J connectivity index is 2.14. The molecule has 1 aliphatic carbocycles. The fraction of sp³-hybridized carbons (Fsp3) is 0.538. The number of hydrogen-bond acceptors (Lipinski definition) is 4. The molecule has 1 heterocycles. The third kappa shape index (κ3) is 2.91. The van der Waals surface area contributed by atoms with Gasteiger partial charge in [-0.2, -0.15) is 0 Å². The third-order valence-corrected chi connectivity index (χ3v) is 3.22. The fourth-order valence-corrected chi connectivity index (χ4v) is 1.91. The van der Waals surface area contributed by atoms with Crippen LogP contribution in [0.25, 0.3) is 0 Å². The first-order valence-electron chi connectivity index (χ1n) is 6.32. The second kappa shape index (κ2) is 5.25. The maximum absolute atomic E-state index is 8.61. The lowest BCUT2D eigenvalue weighted by Crippen LogP contribution is -2.33. The highest BCUT2D eigenvalue weighted by Gasteiger charge is 2.26. The number of anilines is 1. The molecule has 1 aromatic heterocycles. The Labute approximate surface area is 107 Å². The van der Waals surface area contributed by atoms with Crippen LogP contribution >= 0.6 is 0 Å². The van der Waals surface area contributed by atoms with Crippen LogP contribution in [0.1, 0.15) is 32.3 Å². The van der Waals surface area contributed by atoms with E-state index in [2.05, 4.69) is 28.9 Å². The van der Waals surface area contributed by atoms with Crippen molar-refractivity contribution in [1.29, 1.82) is 0 Å². The molecular weight excluding hydrogens is 228 g/mol. The van der Waals surface area contributed by atoms with Crippen LogP contribution in [0.2, 0.25) is 0 Å². The van der Waals surface area contributed by atoms with Crippen molar-refractivity contribution >= 4 is 11.7 Å². The topological polar surface area (TPSA) is 74.7 Å². The molecule has 0 radical (unpaired) electrons. The summed E-state index contributed by atoms with van der Waals surface area (Å²) in [6.45, 7) is 5.40. The number of hydrogen-bond donors (Lipinski definition) is 2. The van der Waals surface area contributed by atoms with Gasteiger partial charge in [0.05, 0.1) is 0 Å². The van der Waals surface area contributed by atoms with E-state index in [4.69, 9.17) is 10.9 Å². The molecule has 0 amide bonds. The second-order valence-corrected chi connectivity index (χ2v) is 5.08. The molecule has 3 N–H and O–H groups in total. The van der Waals surface area contributed by atoms with Crippen LogP contribution in [0, 0.1) is 5.92 Å². The van der Waals surface area contributed by atoms with Gasteiger partial charge >= 0.3 is 0 Å². The Bertz CT molecular complexity index is 423. The fourth-order valence-electron chi connectivity index (χ4n) is 1.91. The van der Waals surface area contributed by atoms with E-state index in [1.165, 1.54) is 12.8 Å².